The van der Waals surface area contributed by atoms with Gasteiger partial charge in [-0.15, -0.1) is 0 Å². The molecule has 3 amide bonds. The number of H-pyrrole nitrogens is 1. The van der Waals surface area contributed by atoms with Gasteiger partial charge in [0, 0.05) is 44.6 Å². The van der Waals surface area contributed by atoms with E-state index in [2.05, 4.69) is 46.4 Å². The Hall–Kier alpha value is -2.45. The molecule has 3 fully saturated rings. The molecule has 3 aliphatic rings. The van der Waals surface area contributed by atoms with Crippen molar-refractivity contribution in [3.8, 4) is 0 Å². The number of hydrogen-bond donors (Lipinski definition) is 2. The Labute approximate surface area is 196 Å². The van der Waals surface area contributed by atoms with Crippen LogP contribution in [-0.4, -0.2) is 74.7 Å². The average molecular weight is 459 g/mol. The zero-order valence-electron chi connectivity index (χ0n) is 20.1. The molecule has 3 saturated heterocycles. The summed E-state index contributed by atoms with van der Waals surface area (Å²) in [4.78, 5) is 42.9. The summed E-state index contributed by atoms with van der Waals surface area (Å²) in [7, 11) is 0. The fourth-order valence-corrected chi connectivity index (χ4v) is 5.94. The molecule has 1 aromatic heterocycles. The van der Waals surface area contributed by atoms with E-state index in [9.17, 15) is 14.4 Å². The highest BCUT2D eigenvalue weighted by atomic mass is 16.2. The molecule has 0 radical (unpaired) electrons. The number of rotatable bonds is 2. The van der Waals surface area contributed by atoms with E-state index in [1.54, 1.807) is 0 Å². The van der Waals surface area contributed by atoms with Crippen LogP contribution in [-0.2, 0) is 9.59 Å². The molecule has 9 heteroatoms. The van der Waals surface area contributed by atoms with Crippen LogP contribution in [0.5, 0.6) is 0 Å². The van der Waals surface area contributed by atoms with E-state index in [-0.39, 0.29) is 47.6 Å². The third-order valence-corrected chi connectivity index (χ3v) is 7.76. The van der Waals surface area contributed by atoms with Crippen molar-refractivity contribution in [3.05, 3.63) is 11.9 Å². The first kappa shape index (κ1) is 23.7. The Bertz CT molecular complexity index is 841. The maximum Gasteiger partial charge on any atom is 0.276 e. The van der Waals surface area contributed by atoms with E-state index in [0.717, 1.165) is 32.1 Å². The number of likely N-dealkylation sites (tertiary alicyclic amines) is 1. The van der Waals surface area contributed by atoms with Gasteiger partial charge < -0.3 is 15.1 Å². The smallest absolute Gasteiger partial charge is 0.276 e. The van der Waals surface area contributed by atoms with Gasteiger partial charge in [-0.25, -0.2) is 0 Å². The lowest BCUT2D eigenvalue weighted by Gasteiger charge is -2.51. The van der Waals surface area contributed by atoms with Crippen LogP contribution in [0.3, 0.4) is 0 Å². The molecule has 0 unspecified atom stereocenters. The van der Waals surface area contributed by atoms with Crippen LogP contribution in [0.15, 0.2) is 6.20 Å². The summed E-state index contributed by atoms with van der Waals surface area (Å²) in [5.41, 5.74) is 0.336. The summed E-state index contributed by atoms with van der Waals surface area (Å²) in [6, 6.07) is 0.233. The second-order valence-electron chi connectivity index (χ2n) is 10.7. The number of nitrogens with zero attached hydrogens (tertiary/aromatic N) is 4. The van der Waals surface area contributed by atoms with Crippen molar-refractivity contribution < 1.29 is 14.4 Å². The minimum Gasteiger partial charge on any atom is -0.353 e. The molecule has 2 bridgehead atoms. The van der Waals surface area contributed by atoms with E-state index in [0.29, 0.717) is 44.1 Å². The van der Waals surface area contributed by atoms with Crippen molar-refractivity contribution in [1.82, 2.24) is 30.5 Å². The number of fused-ring (bicyclic) bond motifs is 4. The first-order valence-corrected chi connectivity index (χ1v) is 12.6. The molecular weight excluding hydrogens is 420 g/mol. The maximum absolute atomic E-state index is 13.4. The number of carbonyl (C=O) groups is 3. The first-order chi connectivity index (χ1) is 15.8. The van der Waals surface area contributed by atoms with Crippen molar-refractivity contribution in [2.45, 2.75) is 77.8 Å². The molecule has 33 heavy (non-hydrogen) atoms. The zero-order valence-corrected chi connectivity index (χ0v) is 20.1. The summed E-state index contributed by atoms with van der Waals surface area (Å²) in [6.45, 7) is 8.39. The van der Waals surface area contributed by atoms with Crippen LogP contribution in [0, 0.1) is 23.7 Å². The van der Waals surface area contributed by atoms with Gasteiger partial charge in [0.1, 0.15) is 0 Å². The molecule has 4 rings (SSSR count). The lowest BCUT2D eigenvalue weighted by molar-refractivity contribution is -0.141. The summed E-state index contributed by atoms with van der Waals surface area (Å²) in [6.07, 6.45) is 6.90. The van der Waals surface area contributed by atoms with E-state index >= 15 is 0 Å². The quantitative estimate of drug-likeness (QED) is 0.706. The SMILES string of the molecule is CC(C)[C@@H]1CC[C@@H](C)CC(=O)N2C[C@H]3C[C@H](CN(C(=O)c4cn[nH]n4)C3)[C@@H]2CCCC(=O)N1. The number of hydrogen-bond acceptors (Lipinski definition) is 5. The summed E-state index contributed by atoms with van der Waals surface area (Å²) >= 11 is 0. The number of aromatic nitrogens is 3. The molecule has 3 aliphatic heterocycles. The van der Waals surface area contributed by atoms with Crippen molar-refractivity contribution in [2.24, 2.45) is 23.7 Å². The molecule has 182 valence electrons. The number of amides is 3. The Morgan fingerprint density at radius 3 is 2.70 bits per heavy atom. The van der Waals surface area contributed by atoms with Gasteiger partial charge in [-0.3, -0.25) is 14.4 Å². The van der Waals surface area contributed by atoms with E-state index < -0.39 is 0 Å². The predicted octanol–water partition coefficient (Wildman–Crippen LogP) is 2.22. The van der Waals surface area contributed by atoms with Crippen molar-refractivity contribution >= 4 is 17.7 Å². The molecule has 0 spiro atoms. The topological polar surface area (TPSA) is 111 Å². The van der Waals surface area contributed by atoms with Gasteiger partial charge in [0.15, 0.2) is 5.69 Å². The van der Waals surface area contributed by atoms with Gasteiger partial charge in [0.25, 0.3) is 5.91 Å². The highest BCUT2D eigenvalue weighted by molar-refractivity contribution is 5.92. The van der Waals surface area contributed by atoms with E-state index in [1.807, 2.05) is 4.90 Å². The molecular formula is C24H38N6O3. The molecule has 1 aromatic rings. The van der Waals surface area contributed by atoms with Crippen LogP contribution in [0.2, 0.25) is 0 Å². The van der Waals surface area contributed by atoms with Gasteiger partial charge >= 0.3 is 0 Å². The highest BCUT2D eigenvalue weighted by Crippen LogP contribution is 2.37. The molecule has 2 N–H and O–H groups in total. The average Bonchev–Trinajstić information content (AvgIpc) is 3.31. The van der Waals surface area contributed by atoms with Gasteiger partial charge in [-0.1, -0.05) is 20.8 Å². The lowest BCUT2D eigenvalue weighted by atomic mass is 9.77. The normalized spacial score (nSPS) is 31.8. The van der Waals surface area contributed by atoms with Crippen LogP contribution < -0.4 is 5.32 Å². The van der Waals surface area contributed by atoms with Crippen LogP contribution in [0.1, 0.15) is 76.2 Å². The Morgan fingerprint density at radius 1 is 1.15 bits per heavy atom. The standard InChI is InChI=1S/C24H38N6O3/c1-15(2)19-8-7-16(3)9-23(32)30-13-17-10-18(21(30)5-4-6-22(31)26-19)14-29(12-17)24(33)20-11-25-28-27-20/h11,15-19,21H,4-10,12-14H2,1-3H3,(H,26,31)(H,25,27,28)/t16-,17+,18-,19+,21+/m1/s1. The van der Waals surface area contributed by atoms with E-state index in [1.165, 1.54) is 6.20 Å². The third-order valence-electron chi connectivity index (χ3n) is 7.76. The van der Waals surface area contributed by atoms with Crippen molar-refractivity contribution in [3.63, 3.8) is 0 Å². The number of nitrogens with one attached hydrogen (secondary N) is 2. The van der Waals surface area contributed by atoms with Crippen LogP contribution in [0.25, 0.3) is 0 Å². The number of piperidine rings is 2. The lowest BCUT2D eigenvalue weighted by Crippen LogP contribution is -2.60. The Morgan fingerprint density at radius 2 is 1.97 bits per heavy atom. The highest BCUT2D eigenvalue weighted by Gasteiger charge is 2.44. The molecule has 9 nitrogen and oxygen atoms in total. The van der Waals surface area contributed by atoms with Crippen molar-refractivity contribution in [2.75, 3.05) is 19.6 Å². The predicted molar refractivity (Wildman–Crippen MR) is 123 cm³/mol. The Kier molecular flexibility index (Phi) is 7.34. The number of aromatic amines is 1. The second kappa shape index (κ2) is 10.2. The second-order valence-corrected chi connectivity index (χ2v) is 10.7. The summed E-state index contributed by atoms with van der Waals surface area (Å²) in [5, 5.41) is 13.5. The monoisotopic (exact) mass is 458 g/mol. The zero-order chi connectivity index (χ0) is 23.5. The van der Waals surface area contributed by atoms with Gasteiger partial charge in [0.05, 0.1) is 6.20 Å². The third kappa shape index (κ3) is 5.55. The molecule has 0 saturated carbocycles. The van der Waals surface area contributed by atoms with E-state index in [4.69, 9.17) is 0 Å². The first-order valence-electron chi connectivity index (χ1n) is 12.6. The van der Waals surface area contributed by atoms with Crippen LogP contribution >= 0.6 is 0 Å². The van der Waals surface area contributed by atoms with Gasteiger partial charge in [-0.05, 0) is 55.8 Å². The van der Waals surface area contributed by atoms with Crippen molar-refractivity contribution in [1.29, 1.82) is 0 Å². The number of carbonyl (C=O) groups excluding carboxylic acids is 3. The summed E-state index contributed by atoms with van der Waals surface area (Å²) < 4.78 is 0. The van der Waals surface area contributed by atoms with Gasteiger partial charge in [-0.2, -0.15) is 15.4 Å². The van der Waals surface area contributed by atoms with Crippen LogP contribution in [0.4, 0.5) is 0 Å². The minimum atomic E-state index is -0.101. The minimum absolute atomic E-state index is 0.0725. The van der Waals surface area contributed by atoms with Gasteiger partial charge in [0.2, 0.25) is 11.8 Å². The molecule has 4 heterocycles. The molecule has 5 atom stereocenters. The molecule has 0 aromatic carbocycles. The maximum atomic E-state index is 13.4. The largest absolute Gasteiger partial charge is 0.353 e. The fraction of sp³-hybridized carbons (Fsp3) is 0.792. The summed E-state index contributed by atoms with van der Waals surface area (Å²) in [5.74, 6) is 1.40. The molecule has 0 aliphatic carbocycles. The Balaban J connectivity index is 1.50. The fourth-order valence-electron chi connectivity index (χ4n) is 5.94.